The number of nitrogens with zero attached hydrogens (tertiary/aromatic N) is 1. The summed E-state index contributed by atoms with van der Waals surface area (Å²) in [6.07, 6.45) is 6.51. The predicted octanol–water partition coefficient (Wildman–Crippen LogP) is 4.04. The Morgan fingerprint density at radius 2 is 1.96 bits per heavy atom. The summed E-state index contributed by atoms with van der Waals surface area (Å²) in [5.74, 6) is 1.09. The van der Waals surface area contributed by atoms with E-state index in [1.54, 1.807) is 11.9 Å². The first-order valence-corrected chi connectivity index (χ1v) is 9.55. The second-order valence-corrected chi connectivity index (χ2v) is 7.35. The van der Waals surface area contributed by atoms with Crippen LogP contribution in [0.2, 0.25) is 0 Å². The third-order valence-electron chi connectivity index (χ3n) is 5.47. The van der Waals surface area contributed by atoms with Gasteiger partial charge in [0, 0.05) is 18.9 Å². The Balaban J connectivity index is 1.50. The van der Waals surface area contributed by atoms with Crippen molar-refractivity contribution in [3.8, 4) is 0 Å². The fourth-order valence-corrected chi connectivity index (χ4v) is 3.64. The van der Waals surface area contributed by atoms with Gasteiger partial charge in [-0.2, -0.15) is 0 Å². The van der Waals surface area contributed by atoms with E-state index < -0.39 is 0 Å². The first-order chi connectivity index (χ1) is 12.5. The zero-order valence-corrected chi connectivity index (χ0v) is 15.7. The first kappa shape index (κ1) is 18.5. The normalized spacial score (nSPS) is 16.4. The minimum atomic E-state index is -0.190. The molecule has 1 aliphatic carbocycles. The van der Waals surface area contributed by atoms with E-state index in [9.17, 15) is 9.59 Å². The number of para-hydroxylation sites is 1. The molecular formula is C21H28N2O3. The van der Waals surface area contributed by atoms with Gasteiger partial charge in [0.15, 0.2) is 0 Å². The highest BCUT2D eigenvalue weighted by Gasteiger charge is 2.22. The molecule has 1 aliphatic rings. The minimum Gasteiger partial charge on any atom is -0.459 e. The van der Waals surface area contributed by atoms with Crippen LogP contribution in [0.5, 0.6) is 0 Å². The van der Waals surface area contributed by atoms with Gasteiger partial charge in [0.25, 0.3) is 0 Å². The van der Waals surface area contributed by atoms with Gasteiger partial charge in [-0.15, -0.1) is 0 Å². The molecule has 2 amide bonds. The van der Waals surface area contributed by atoms with Crippen LogP contribution >= 0.6 is 0 Å². The molecule has 0 spiro atoms. The molecule has 1 N–H and O–H groups in total. The van der Waals surface area contributed by atoms with Crippen LogP contribution < -0.4 is 5.32 Å². The van der Waals surface area contributed by atoms with Crippen LogP contribution in [0.3, 0.4) is 0 Å². The van der Waals surface area contributed by atoms with E-state index in [-0.39, 0.29) is 24.4 Å². The monoisotopic (exact) mass is 356 g/mol. The lowest BCUT2D eigenvalue weighted by atomic mass is 9.87. The molecule has 1 aromatic heterocycles. The number of fused-ring (bicyclic) bond motifs is 1. The maximum absolute atomic E-state index is 12.4. The van der Waals surface area contributed by atoms with Gasteiger partial charge in [-0.1, -0.05) is 37.5 Å². The molecule has 2 aromatic rings. The van der Waals surface area contributed by atoms with Crippen LogP contribution in [-0.4, -0.2) is 30.3 Å². The molecule has 1 heterocycles. The quantitative estimate of drug-likeness (QED) is 0.850. The molecule has 26 heavy (non-hydrogen) atoms. The summed E-state index contributed by atoms with van der Waals surface area (Å²) in [5, 5.41) is 3.81. The van der Waals surface area contributed by atoms with Gasteiger partial charge < -0.3 is 14.6 Å². The van der Waals surface area contributed by atoms with Gasteiger partial charge in [0.2, 0.25) is 11.8 Å². The number of likely N-dealkylation sites (N-methyl/N-ethyl adjacent to an activating group) is 1. The van der Waals surface area contributed by atoms with Crippen LogP contribution in [0.1, 0.15) is 57.3 Å². The number of hydrogen-bond donors (Lipinski definition) is 1. The SMILES string of the molecule is CC(c1cc2ccccc2o1)N(C)C(=O)CNC(=O)CC1CCCCC1. The number of hydrogen-bond acceptors (Lipinski definition) is 3. The van der Waals surface area contributed by atoms with Crippen molar-refractivity contribution in [2.75, 3.05) is 13.6 Å². The van der Waals surface area contributed by atoms with Crippen molar-refractivity contribution >= 4 is 22.8 Å². The van der Waals surface area contributed by atoms with Gasteiger partial charge in [-0.25, -0.2) is 0 Å². The van der Waals surface area contributed by atoms with Gasteiger partial charge in [0.05, 0.1) is 12.6 Å². The summed E-state index contributed by atoms with van der Waals surface area (Å²) in [7, 11) is 1.74. The molecule has 0 aliphatic heterocycles. The summed E-state index contributed by atoms with van der Waals surface area (Å²) in [6.45, 7) is 1.96. The van der Waals surface area contributed by atoms with E-state index in [0.717, 1.165) is 29.6 Å². The molecule has 1 fully saturated rings. The maximum atomic E-state index is 12.4. The summed E-state index contributed by atoms with van der Waals surface area (Å²) in [5.41, 5.74) is 0.816. The molecule has 0 radical (unpaired) electrons. The largest absolute Gasteiger partial charge is 0.459 e. The van der Waals surface area contributed by atoms with Crippen molar-refractivity contribution in [3.63, 3.8) is 0 Å². The number of benzene rings is 1. The first-order valence-electron chi connectivity index (χ1n) is 9.55. The lowest BCUT2D eigenvalue weighted by molar-refractivity contribution is -0.133. The van der Waals surface area contributed by atoms with Crippen molar-refractivity contribution in [2.45, 2.75) is 51.5 Å². The zero-order chi connectivity index (χ0) is 18.5. The molecule has 1 saturated carbocycles. The topological polar surface area (TPSA) is 62.6 Å². The summed E-state index contributed by atoms with van der Waals surface area (Å²) in [4.78, 5) is 26.2. The predicted molar refractivity (Wildman–Crippen MR) is 102 cm³/mol. The lowest BCUT2D eigenvalue weighted by Crippen LogP contribution is -2.39. The number of rotatable bonds is 6. The van der Waals surface area contributed by atoms with Crippen LogP contribution in [0.15, 0.2) is 34.7 Å². The summed E-state index contributed by atoms with van der Waals surface area (Å²) >= 11 is 0. The smallest absolute Gasteiger partial charge is 0.242 e. The second-order valence-electron chi connectivity index (χ2n) is 7.35. The number of carbonyl (C=O) groups is 2. The Morgan fingerprint density at radius 1 is 1.23 bits per heavy atom. The average molecular weight is 356 g/mol. The number of amides is 2. The average Bonchev–Trinajstić information content (AvgIpc) is 3.10. The maximum Gasteiger partial charge on any atom is 0.242 e. The molecule has 5 nitrogen and oxygen atoms in total. The van der Waals surface area contributed by atoms with E-state index in [2.05, 4.69) is 5.32 Å². The van der Waals surface area contributed by atoms with Gasteiger partial charge in [0.1, 0.15) is 11.3 Å². The van der Waals surface area contributed by atoms with Gasteiger partial charge in [-0.3, -0.25) is 9.59 Å². The van der Waals surface area contributed by atoms with Crippen molar-refractivity contribution in [1.82, 2.24) is 10.2 Å². The molecule has 3 rings (SSSR count). The fraction of sp³-hybridized carbons (Fsp3) is 0.524. The fourth-order valence-electron chi connectivity index (χ4n) is 3.64. The molecule has 0 bridgehead atoms. The van der Waals surface area contributed by atoms with Gasteiger partial charge in [-0.05, 0) is 37.8 Å². The highest BCUT2D eigenvalue weighted by atomic mass is 16.3. The molecular weight excluding hydrogens is 328 g/mol. The van der Waals surface area contributed by atoms with Crippen molar-refractivity contribution in [2.24, 2.45) is 5.92 Å². The number of nitrogens with one attached hydrogen (secondary N) is 1. The standard InChI is InChI=1S/C21H28N2O3/c1-15(19-13-17-10-6-7-11-18(17)26-19)23(2)21(25)14-22-20(24)12-16-8-4-3-5-9-16/h6-7,10-11,13,15-16H,3-5,8-9,12,14H2,1-2H3,(H,22,24). The molecule has 140 valence electrons. The Morgan fingerprint density at radius 3 is 2.69 bits per heavy atom. The van der Waals surface area contributed by atoms with E-state index in [4.69, 9.17) is 4.42 Å². The Hall–Kier alpha value is -2.30. The van der Waals surface area contributed by atoms with Crippen LogP contribution in [0.4, 0.5) is 0 Å². The van der Waals surface area contributed by atoms with Crippen molar-refractivity contribution in [3.05, 3.63) is 36.1 Å². The Labute approximate surface area is 154 Å². The van der Waals surface area contributed by atoms with Crippen molar-refractivity contribution in [1.29, 1.82) is 0 Å². The van der Waals surface area contributed by atoms with Crippen LogP contribution in [0, 0.1) is 5.92 Å². The number of carbonyl (C=O) groups excluding carboxylic acids is 2. The Kier molecular flexibility index (Phi) is 5.96. The third kappa shape index (κ3) is 4.45. The Bertz CT molecular complexity index is 728. The van der Waals surface area contributed by atoms with Crippen molar-refractivity contribution < 1.29 is 14.0 Å². The van der Waals surface area contributed by atoms with Crippen LogP contribution in [0.25, 0.3) is 11.0 Å². The molecule has 1 aromatic carbocycles. The zero-order valence-electron chi connectivity index (χ0n) is 15.7. The summed E-state index contributed by atoms with van der Waals surface area (Å²) < 4.78 is 5.85. The summed E-state index contributed by atoms with van der Waals surface area (Å²) in [6, 6.07) is 9.57. The molecule has 0 saturated heterocycles. The molecule has 5 heteroatoms. The van der Waals surface area contributed by atoms with Gasteiger partial charge >= 0.3 is 0 Å². The van der Waals surface area contributed by atoms with E-state index >= 15 is 0 Å². The van der Waals surface area contributed by atoms with E-state index in [0.29, 0.717) is 12.3 Å². The molecule has 1 atom stereocenters. The third-order valence-corrected chi connectivity index (χ3v) is 5.47. The number of furan rings is 1. The minimum absolute atomic E-state index is 0.0185. The van der Waals surface area contributed by atoms with E-state index in [1.165, 1.54) is 19.3 Å². The lowest BCUT2D eigenvalue weighted by Gasteiger charge is -2.24. The van der Waals surface area contributed by atoms with E-state index in [1.807, 2.05) is 37.3 Å². The molecule has 1 unspecified atom stereocenters. The van der Waals surface area contributed by atoms with Crippen LogP contribution in [-0.2, 0) is 9.59 Å². The highest BCUT2D eigenvalue weighted by Crippen LogP contribution is 2.27. The highest BCUT2D eigenvalue weighted by molar-refractivity contribution is 5.85. The second kappa shape index (κ2) is 8.39.